The predicted molar refractivity (Wildman–Crippen MR) is 84.2 cm³/mol. The largest absolute Gasteiger partial charge is 0.397 e. The third-order valence-corrected chi connectivity index (χ3v) is 4.09. The molecule has 0 unspecified atom stereocenters. The van der Waals surface area contributed by atoms with Gasteiger partial charge in [0.05, 0.1) is 32.8 Å². The number of nitrogens with one attached hydrogen (secondary N) is 1. The first-order valence-corrected chi connectivity index (χ1v) is 7.31. The van der Waals surface area contributed by atoms with Crippen LogP contribution in [0.1, 0.15) is 10.6 Å². The van der Waals surface area contributed by atoms with Gasteiger partial charge in [-0.2, -0.15) is 5.10 Å². The van der Waals surface area contributed by atoms with Crippen molar-refractivity contribution < 1.29 is 0 Å². The van der Waals surface area contributed by atoms with Gasteiger partial charge in [0.1, 0.15) is 0 Å². The van der Waals surface area contributed by atoms with E-state index >= 15 is 0 Å². The van der Waals surface area contributed by atoms with Crippen LogP contribution >= 0.6 is 11.3 Å². The van der Waals surface area contributed by atoms with Crippen molar-refractivity contribution in [3.05, 3.63) is 35.1 Å². The lowest BCUT2D eigenvalue weighted by Gasteiger charge is -2.08. The summed E-state index contributed by atoms with van der Waals surface area (Å²) < 4.78 is 2.95. The summed E-state index contributed by atoms with van der Waals surface area (Å²) in [6.07, 6.45) is 4.83. The van der Waals surface area contributed by atoms with Crippen molar-refractivity contribution in [2.24, 2.45) is 7.05 Å². The molecule has 3 aromatic rings. The molecule has 0 spiro atoms. The van der Waals surface area contributed by atoms with Crippen molar-refractivity contribution in [2.45, 2.75) is 13.3 Å². The Morgan fingerprint density at radius 3 is 3.00 bits per heavy atom. The minimum atomic E-state index is 0.771. The highest BCUT2D eigenvalue weighted by atomic mass is 32.1. The monoisotopic (exact) mass is 287 g/mol. The Kier molecular flexibility index (Phi) is 3.31. The molecule has 0 saturated carbocycles. The topological polar surface area (TPSA) is 68.8 Å². The van der Waals surface area contributed by atoms with E-state index in [0.717, 1.165) is 39.6 Å². The molecular weight excluding hydrogens is 270 g/mol. The molecule has 0 atom stereocenters. The van der Waals surface area contributed by atoms with Gasteiger partial charge in [0.25, 0.3) is 0 Å². The Labute approximate surface area is 121 Å². The molecule has 5 nitrogen and oxygen atoms in total. The molecule has 0 amide bonds. The van der Waals surface area contributed by atoms with Crippen LogP contribution in [0.4, 0.5) is 11.4 Å². The van der Waals surface area contributed by atoms with Crippen LogP contribution in [-0.2, 0) is 13.5 Å². The Morgan fingerprint density at radius 1 is 1.40 bits per heavy atom. The molecule has 2 aromatic heterocycles. The highest BCUT2D eigenvalue weighted by Crippen LogP contribution is 2.29. The number of rotatable bonds is 4. The van der Waals surface area contributed by atoms with Gasteiger partial charge in [-0.3, -0.25) is 4.68 Å². The van der Waals surface area contributed by atoms with Gasteiger partial charge in [-0.1, -0.05) is 0 Å². The molecule has 6 heteroatoms. The van der Waals surface area contributed by atoms with Crippen molar-refractivity contribution in [2.75, 3.05) is 17.6 Å². The van der Waals surface area contributed by atoms with E-state index in [0.29, 0.717) is 0 Å². The van der Waals surface area contributed by atoms with E-state index in [1.54, 1.807) is 11.3 Å². The molecule has 1 aromatic carbocycles. The van der Waals surface area contributed by atoms with Gasteiger partial charge in [-0.25, -0.2) is 4.98 Å². The third-order valence-electron chi connectivity index (χ3n) is 3.15. The van der Waals surface area contributed by atoms with Gasteiger partial charge in [0, 0.05) is 19.8 Å². The van der Waals surface area contributed by atoms with E-state index in [1.165, 1.54) is 5.56 Å². The fourth-order valence-corrected chi connectivity index (χ4v) is 3.06. The number of fused-ring (bicyclic) bond motifs is 1. The first-order chi connectivity index (χ1) is 9.61. The summed E-state index contributed by atoms with van der Waals surface area (Å²) in [7, 11) is 1.92. The Hall–Kier alpha value is -2.08. The number of nitrogen functional groups attached to an aromatic ring is 1. The van der Waals surface area contributed by atoms with Crippen LogP contribution in [-0.4, -0.2) is 21.3 Å². The molecule has 3 N–H and O–H groups in total. The minimum absolute atomic E-state index is 0.771. The third kappa shape index (κ3) is 2.60. The molecule has 20 heavy (non-hydrogen) atoms. The smallest absolute Gasteiger partial charge is 0.0907 e. The zero-order valence-corrected chi connectivity index (χ0v) is 12.4. The summed E-state index contributed by atoms with van der Waals surface area (Å²) in [6.45, 7) is 2.83. The van der Waals surface area contributed by atoms with Crippen LogP contribution < -0.4 is 11.1 Å². The van der Waals surface area contributed by atoms with Gasteiger partial charge in [0.15, 0.2) is 0 Å². The summed E-state index contributed by atoms with van der Waals surface area (Å²) in [4.78, 5) is 4.49. The zero-order valence-electron chi connectivity index (χ0n) is 11.6. The lowest BCUT2D eigenvalue weighted by molar-refractivity contribution is 0.767. The second-order valence-electron chi connectivity index (χ2n) is 4.84. The average molecular weight is 287 g/mol. The minimum Gasteiger partial charge on any atom is -0.397 e. The van der Waals surface area contributed by atoms with Gasteiger partial charge in [0.2, 0.25) is 0 Å². The van der Waals surface area contributed by atoms with Crippen LogP contribution in [0, 0.1) is 6.92 Å². The first kappa shape index (κ1) is 12.9. The number of aromatic nitrogens is 3. The lowest BCUT2D eigenvalue weighted by Crippen LogP contribution is -2.06. The quantitative estimate of drug-likeness (QED) is 0.724. The molecule has 0 aliphatic heterocycles. The van der Waals surface area contributed by atoms with Crippen molar-refractivity contribution in [1.29, 1.82) is 0 Å². The van der Waals surface area contributed by atoms with Gasteiger partial charge in [-0.05, 0) is 31.0 Å². The van der Waals surface area contributed by atoms with E-state index in [-0.39, 0.29) is 0 Å². The number of benzene rings is 1. The first-order valence-electron chi connectivity index (χ1n) is 6.50. The SMILES string of the molecule is Cc1nc2cc(NCCc3cnn(C)c3)c(N)cc2s1. The van der Waals surface area contributed by atoms with E-state index in [1.807, 2.05) is 43.2 Å². The lowest BCUT2D eigenvalue weighted by atomic mass is 10.2. The predicted octanol–water partition coefficient (Wildman–Crippen LogP) is 2.58. The number of nitrogens with two attached hydrogens (primary N) is 1. The van der Waals surface area contributed by atoms with Crippen LogP contribution in [0.25, 0.3) is 10.2 Å². The molecular formula is C14H17N5S. The Morgan fingerprint density at radius 2 is 2.25 bits per heavy atom. The van der Waals surface area contributed by atoms with E-state index in [4.69, 9.17) is 5.73 Å². The number of aryl methyl sites for hydroxylation is 2. The van der Waals surface area contributed by atoms with Gasteiger partial charge in [-0.15, -0.1) is 11.3 Å². The Bertz CT molecular complexity index is 743. The number of hydrogen-bond acceptors (Lipinski definition) is 5. The standard InChI is InChI=1S/C14H17N5S/c1-9-18-13-6-12(11(15)5-14(13)20-9)16-4-3-10-7-17-19(2)8-10/h5-8,16H,3-4,15H2,1-2H3. The highest BCUT2D eigenvalue weighted by molar-refractivity contribution is 7.18. The molecule has 2 heterocycles. The van der Waals surface area contributed by atoms with E-state index in [9.17, 15) is 0 Å². The Balaban J connectivity index is 1.71. The maximum Gasteiger partial charge on any atom is 0.0907 e. The van der Waals surface area contributed by atoms with Gasteiger partial charge >= 0.3 is 0 Å². The second kappa shape index (κ2) is 5.13. The normalized spacial score (nSPS) is 11.1. The number of anilines is 2. The maximum atomic E-state index is 6.08. The molecule has 104 valence electrons. The van der Waals surface area contributed by atoms with Crippen LogP contribution in [0.2, 0.25) is 0 Å². The molecule has 0 fully saturated rings. The molecule has 0 aliphatic rings. The summed E-state index contributed by atoms with van der Waals surface area (Å²) in [6, 6.07) is 4.02. The fourth-order valence-electron chi connectivity index (χ4n) is 2.20. The molecule has 3 rings (SSSR count). The van der Waals surface area contributed by atoms with E-state index in [2.05, 4.69) is 15.4 Å². The number of hydrogen-bond donors (Lipinski definition) is 2. The molecule has 0 bridgehead atoms. The number of nitrogens with zero attached hydrogens (tertiary/aromatic N) is 3. The summed E-state index contributed by atoms with van der Waals surface area (Å²) in [5.74, 6) is 0. The maximum absolute atomic E-state index is 6.08. The highest BCUT2D eigenvalue weighted by Gasteiger charge is 2.06. The summed E-state index contributed by atoms with van der Waals surface area (Å²) >= 11 is 1.67. The van der Waals surface area contributed by atoms with Gasteiger partial charge < -0.3 is 11.1 Å². The van der Waals surface area contributed by atoms with Crippen molar-refractivity contribution in [1.82, 2.24) is 14.8 Å². The van der Waals surface area contributed by atoms with Crippen molar-refractivity contribution in [3.63, 3.8) is 0 Å². The van der Waals surface area contributed by atoms with Crippen molar-refractivity contribution in [3.8, 4) is 0 Å². The molecule has 0 saturated heterocycles. The second-order valence-corrected chi connectivity index (χ2v) is 6.07. The van der Waals surface area contributed by atoms with Crippen molar-refractivity contribution >= 4 is 32.9 Å². The fraction of sp³-hybridized carbons (Fsp3) is 0.286. The van der Waals surface area contributed by atoms with Crippen LogP contribution in [0.5, 0.6) is 0 Å². The molecule has 0 radical (unpaired) electrons. The summed E-state index contributed by atoms with van der Waals surface area (Å²) in [5, 5.41) is 8.60. The summed E-state index contributed by atoms with van der Waals surface area (Å²) in [5.41, 5.74) is 10.0. The van der Waals surface area contributed by atoms with Crippen LogP contribution in [0.3, 0.4) is 0 Å². The van der Waals surface area contributed by atoms with E-state index < -0.39 is 0 Å². The molecule has 0 aliphatic carbocycles. The zero-order chi connectivity index (χ0) is 14.1. The number of thiazole rings is 1. The van der Waals surface area contributed by atoms with Crippen LogP contribution in [0.15, 0.2) is 24.5 Å². The average Bonchev–Trinajstić information content (AvgIpc) is 2.95.